The van der Waals surface area contributed by atoms with Gasteiger partial charge in [-0.2, -0.15) is 0 Å². The second-order valence-electron chi connectivity index (χ2n) is 6.64. The van der Waals surface area contributed by atoms with Gasteiger partial charge in [-0.1, -0.05) is 48.5 Å². The van der Waals surface area contributed by atoms with Crippen LogP contribution < -0.4 is 4.74 Å². The molecule has 3 rings (SSSR count). The van der Waals surface area contributed by atoms with Crippen LogP contribution in [-0.2, 0) is 11.4 Å². The van der Waals surface area contributed by atoms with Crippen molar-refractivity contribution in [1.29, 1.82) is 0 Å². The van der Waals surface area contributed by atoms with Gasteiger partial charge in [0.1, 0.15) is 12.4 Å². The highest BCUT2D eigenvalue weighted by atomic mass is 16.5. The molecular weight excluding hydrogens is 314 g/mol. The Morgan fingerprint density at radius 3 is 2.44 bits per heavy atom. The highest BCUT2D eigenvalue weighted by Crippen LogP contribution is 2.32. The summed E-state index contributed by atoms with van der Waals surface area (Å²) in [7, 11) is 0. The van der Waals surface area contributed by atoms with Crippen molar-refractivity contribution in [1.82, 2.24) is 4.90 Å². The first-order valence-corrected chi connectivity index (χ1v) is 8.87. The van der Waals surface area contributed by atoms with Gasteiger partial charge in [0.15, 0.2) is 0 Å². The maximum Gasteiger partial charge on any atom is 0.306 e. The topological polar surface area (TPSA) is 49.8 Å². The lowest BCUT2D eigenvalue weighted by atomic mass is 9.94. The van der Waals surface area contributed by atoms with Crippen molar-refractivity contribution in [2.75, 3.05) is 13.1 Å². The van der Waals surface area contributed by atoms with Crippen molar-refractivity contribution in [3.05, 3.63) is 65.7 Å². The summed E-state index contributed by atoms with van der Waals surface area (Å²) in [4.78, 5) is 13.5. The second kappa shape index (κ2) is 8.17. The Balaban J connectivity index is 1.66. The number of nitrogens with zero attached hydrogens (tertiary/aromatic N) is 1. The number of ether oxygens (including phenoxy) is 1. The van der Waals surface area contributed by atoms with Crippen molar-refractivity contribution in [2.45, 2.75) is 32.4 Å². The first kappa shape index (κ1) is 17.5. The van der Waals surface area contributed by atoms with Gasteiger partial charge in [0, 0.05) is 11.6 Å². The van der Waals surface area contributed by atoms with E-state index in [1.165, 1.54) is 0 Å². The molecule has 1 saturated heterocycles. The monoisotopic (exact) mass is 339 g/mol. The lowest BCUT2D eigenvalue weighted by molar-refractivity contribution is -0.143. The number of benzene rings is 2. The number of hydrogen-bond acceptors (Lipinski definition) is 3. The van der Waals surface area contributed by atoms with E-state index in [9.17, 15) is 4.79 Å². The Kier molecular flexibility index (Phi) is 5.71. The minimum absolute atomic E-state index is 0.201. The molecule has 0 amide bonds. The van der Waals surface area contributed by atoms with Crippen LogP contribution in [0, 0.1) is 5.92 Å². The number of hydrogen-bond donors (Lipinski definition) is 1. The fraction of sp³-hybridized carbons (Fsp3) is 0.381. The minimum Gasteiger partial charge on any atom is -0.489 e. The molecule has 1 aliphatic rings. The zero-order valence-electron chi connectivity index (χ0n) is 14.6. The maximum atomic E-state index is 11.1. The molecule has 25 heavy (non-hydrogen) atoms. The third-order valence-corrected chi connectivity index (χ3v) is 5.03. The molecule has 1 N–H and O–H groups in total. The number of carbonyl (C=O) groups is 1. The van der Waals surface area contributed by atoms with Gasteiger partial charge in [0.2, 0.25) is 0 Å². The van der Waals surface area contributed by atoms with E-state index in [4.69, 9.17) is 9.84 Å². The Bertz CT molecular complexity index is 693. The van der Waals surface area contributed by atoms with E-state index in [0.29, 0.717) is 19.4 Å². The van der Waals surface area contributed by atoms with E-state index in [0.717, 1.165) is 30.0 Å². The lowest BCUT2D eigenvalue weighted by Crippen LogP contribution is -2.37. The summed E-state index contributed by atoms with van der Waals surface area (Å²) in [6, 6.07) is 18.5. The molecule has 0 bridgehead atoms. The van der Waals surface area contributed by atoms with Crippen molar-refractivity contribution < 1.29 is 14.6 Å². The van der Waals surface area contributed by atoms with Gasteiger partial charge >= 0.3 is 5.97 Å². The molecule has 1 unspecified atom stereocenters. The van der Waals surface area contributed by atoms with E-state index < -0.39 is 5.97 Å². The Morgan fingerprint density at radius 2 is 1.76 bits per heavy atom. The van der Waals surface area contributed by atoms with E-state index in [1.54, 1.807) is 0 Å². The van der Waals surface area contributed by atoms with Gasteiger partial charge in [-0.25, -0.2) is 0 Å². The number of rotatable bonds is 6. The molecule has 0 radical (unpaired) electrons. The molecule has 2 aromatic rings. The highest BCUT2D eigenvalue weighted by molar-refractivity contribution is 5.70. The third-order valence-electron chi connectivity index (χ3n) is 5.03. The first-order chi connectivity index (χ1) is 12.1. The molecule has 0 aromatic heterocycles. The molecule has 4 nitrogen and oxygen atoms in total. The molecule has 1 fully saturated rings. The predicted molar refractivity (Wildman–Crippen MR) is 97.6 cm³/mol. The number of aliphatic carboxylic acids is 1. The van der Waals surface area contributed by atoms with Crippen LogP contribution in [0.4, 0.5) is 0 Å². The van der Waals surface area contributed by atoms with Crippen molar-refractivity contribution in [3.8, 4) is 5.75 Å². The number of para-hydroxylation sites is 1. The summed E-state index contributed by atoms with van der Waals surface area (Å²) in [6.45, 7) is 4.34. The molecule has 0 saturated carbocycles. The quantitative estimate of drug-likeness (QED) is 0.860. The van der Waals surface area contributed by atoms with Crippen LogP contribution in [-0.4, -0.2) is 29.1 Å². The average molecular weight is 339 g/mol. The summed E-state index contributed by atoms with van der Waals surface area (Å²) < 4.78 is 6.07. The SMILES string of the molecule is CC(c1ccccc1OCc1ccccc1)N1CCC(C(=O)O)CC1. The van der Waals surface area contributed by atoms with Crippen LogP contribution in [0.5, 0.6) is 5.75 Å². The van der Waals surface area contributed by atoms with E-state index >= 15 is 0 Å². The van der Waals surface area contributed by atoms with Crippen LogP contribution in [0.2, 0.25) is 0 Å². The summed E-state index contributed by atoms with van der Waals surface area (Å²) in [5.41, 5.74) is 2.31. The fourth-order valence-corrected chi connectivity index (χ4v) is 3.42. The fourth-order valence-electron chi connectivity index (χ4n) is 3.42. The molecule has 1 aliphatic heterocycles. The zero-order valence-corrected chi connectivity index (χ0v) is 14.6. The highest BCUT2D eigenvalue weighted by Gasteiger charge is 2.28. The molecule has 0 spiro atoms. The van der Waals surface area contributed by atoms with Gasteiger partial charge in [-0.05, 0) is 44.5 Å². The van der Waals surface area contributed by atoms with E-state index in [1.807, 2.05) is 36.4 Å². The predicted octanol–water partition coefficient (Wildman–Crippen LogP) is 4.12. The molecule has 132 valence electrons. The molecule has 2 aromatic carbocycles. The summed E-state index contributed by atoms with van der Waals surface area (Å²) in [5.74, 6) is 0.0335. The zero-order chi connectivity index (χ0) is 17.6. The van der Waals surface area contributed by atoms with Crippen LogP contribution in [0.3, 0.4) is 0 Å². The minimum atomic E-state index is -0.668. The number of piperidine rings is 1. The number of carboxylic acids is 1. The molecule has 1 heterocycles. The van der Waals surface area contributed by atoms with Crippen LogP contribution in [0.25, 0.3) is 0 Å². The summed E-state index contributed by atoms with van der Waals surface area (Å²) in [5, 5.41) is 9.16. The van der Waals surface area contributed by atoms with Crippen LogP contribution in [0.15, 0.2) is 54.6 Å². The normalized spacial score (nSPS) is 17.2. The van der Waals surface area contributed by atoms with E-state index in [2.05, 4.69) is 30.0 Å². The Hall–Kier alpha value is -2.33. The molecule has 0 aliphatic carbocycles. The Morgan fingerprint density at radius 1 is 1.12 bits per heavy atom. The standard InChI is InChI=1S/C21H25NO3/c1-16(22-13-11-18(12-14-22)21(23)24)19-9-5-6-10-20(19)25-15-17-7-3-2-4-8-17/h2-10,16,18H,11-15H2,1H3,(H,23,24). The summed E-state index contributed by atoms with van der Waals surface area (Å²) in [6.07, 6.45) is 1.43. The number of likely N-dealkylation sites (tertiary alicyclic amines) is 1. The van der Waals surface area contributed by atoms with Gasteiger partial charge in [-0.15, -0.1) is 0 Å². The van der Waals surface area contributed by atoms with Gasteiger partial charge in [0.05, 0.1) is 5.92 Å². The third kappa shape index (κ3) is 4.40. The number of carboxylic acid groups (broad SMARTS) is 1. The largest absolute Gasteiger partial charge is 0.489 e. The summed E-state index contributed by atoms with van der Waals surface area (Å²) >= 11 is 0. The second-order valence-corrected chi connectivity index (χ2v) is 6.64. The van der Waals surface area contributed by atoms with Gasteiger partial charge in [-0.3, -0.25) is 9.69 Å². The Labute approximate surface area is 149 Å². The van der Waals surface area contributed by atoms with Crippen molar-refractivity contribution in [3.63, 3.8) is 0 Å². The van der Waals surface area contributed by atoms with Crippen LogP contribution >= 0.6 is 0 Å². The smallest absolute Gasteiger partial charge is 0.306 e. The first-order valence-electron chi connectivity index (χ1n) is 8.87. The van der Waals surface area contributed by atoms with Gasteiger partial charge in [0.25, 0.3) is 0 Å². The van der Waals surface area contributed by atoms with Crippen molar-refractivity contribution >= 4 is 5.97 Å². The lowest BCUT2D eigenvalue weighted by Gasteiger charge is -2.35. The maximum absolute atomic E-state index is 11.1. The molecule has 4 heteroatoms. The van der Waals surface area contributed by atoms with Crippen LogP contribution in [0.1, 0.15) is 36.9 Å². The molecular formula is C21H25NO3. The van der Waals surface area contributed by atoms with E-state index in [-0.39, 0.29) is 12.0 Å². The average Bonchev–Trinajstić information content (AvgIpc) is 2.67. The van der Waals surface area contributed by atoms with Crippen molar-refractivity contribution in [2.24, 2.45) is 5.92 Å². The van der Waals surface area contributed by atoms with Gasteiger partial charge < -0.3 is 9.84 Å². The molecule has 1 atom stereocenters.